The van der Waals surface area contributed by atoms with Gasteiger partial charge in [0.1, 0.15) is 0 Å². The third-order valence-electron chi connectivity index (χ3n) is 5.23. The van der Waals surface area contributed by atoms with E-state index in [0.717, 1.165) is 22.5 Å². The number of hydrogen-bond acceptors (Lipinski definition) is 5. The number of piperidine rings is 1. The van der Waals surface area contributed by atoms with Crippen LogP contribution >= 0.6 is 11.6 Å². The third-order valence-corrected chi connectivity index (χ3v) is 7.44. The quantitative estimate of drug-likeness (QED) is 0.602. The van der Waals surface area contributed by atoms with Crippen LogP contribution < -0.4 is 10.6 Å². The van der Waals surface area contributed by atoms with Crippen molar-refractivity contribution in [2.24, 2.45) is 5.92 Å². The Bertz CT molecular complexity index is 1170. The Hall–Kier alpha value is -2.83. The molecule has 184 valence electrons. The van der Waals surface area contributed by atoms with E-state index in [2.05, 4.69) is 15.4 Å². The molecule has 34 heavy (non-hydrogen) atoms. The Labute approximate surface area is 199 Å². The average molecular weight is 520 g/mol. The second-order valence-electron chi connectivity index (χ2n) is 7.52. The van der Waals surface area contributed by atoms with Crippen LogP contribution in [-0.4, -0.2) is 44.9 Å². The smallest absolute Gasteiger partial charge is 0.416 e. The van der Waals surface area contributed by atoms with Crippen LogP contribution in [0.25, 0.3) is 0 Å². The summed E-state index contributed by atoms with van der Waals surface area (Å²) in [5, 5.41) is 4.73. The zero-order chi connectivity index (χ0) is 25.1. The molecule has 0 spiro atoms. The minimum Gasteiger partial charge on any atom is -0.453 e. The normalized spacial score (nSPS) is 17.1. The van der Waals surface area contributed by atoms with E-state index >= 15 is 0 Å². The lowest BCUT2D eigenvalue weighted by atomic mass is 9.98. The molecule has 0 saturated carbocycles. The molecule has 1 atom stereocenters. The molecule has 0 unspecified atom stereocenters. The Morgan fingerprint density at radius 3 is 2.41 bits per heavy atom. The molecule has 2 aromatic carbocycles. The summed E-state index contributed by atoms with van der Waals surface area (Å²) >= 11 is 5.94. The van der Waals surface area contributed by atoms with E-state index in [1.165, 1.54) is 31.4 Å². The van der Waals surface area contributed by atoms with Crippen LogP contribution in [-0.2, 0) is 25.7 Å². The second kappa shape index (κ2) is 10.2. The van der Waals surface area contributed by atoms with Gasteiger partial charge in [-0.1, -0.05) is 11.6 Å². The number of nitrogens with one attached hydrogen (secondary N) is 2. The summed E-state index contributed by atoms with van der Waals surface area (Å²) in [6.07, 6.45) is -4.57. The predicted octanol–water partition coefficient (Wildman–Crippen LogP) is 4.58. The van der Waals surface area contributed by atoms with Crippen LogP contribution in [0.2, 0.25) is 5.02 Å². The fourth-order valence-corrected chi connectivity index (χ4v) is 5.12. The maximum absolute atomic E-state index is 13.0. The molecule has 2 amide bonds. The number of carbonyl (C=O) groups is 2. The number of anilines is 2. The SMILES string of the molecule is COC(=O)Nc1ccc(S(=O)(=O)N2CCC[C@H](C(=O)Nc3cc(C(F)(F)F)ccc3Cl)C2)cc1. The monoisotopic (exact) mass is 519 g/mol. The fourth-order valence-electron chi connectivity index (χ4n) is 3.44. The van der Waals surface area contributed by atoms with Gasteiger partial charge in [0, 0.05) is 18.8 Å². The summed E-state index contributed by atoms with van der Waals surface area (Å²) in [6, 6.07) is 8.00. The minimum absolute atomic E-state index is 0.0371. The van der Waals surface area contributed by atoms with Crippen LogP contribution in [0.3, 0.4) is 0 Å². The zero-order valence-corrected chi connectivity index (χ0v) is 19.4. The van der Waals surface area contributed by atoms with Gasteiger partial charge in [-0.3, -0.25) is 10.1 Å². The number of rotatable bonds is 5. The van der Waals surface area contributed by atoms with Gasteiger partial charge in [0.2, 0.25) is 15.9 Å². The molecule has 2 N–H and O–H groups in total. The van der Waals surface area contributed by atoms with Gasteiger partial charge in [0.25, 0.3) is 0 Å². The average Bonchev–Trinajstić information content (AvgIpc) is 2.80. The molecule has 13 heteroatoms. The van der Waals surface area contributed by atoms with Gasteiger partial charge in [-0.2, -0.15) is 17.5 Å². The van der Waals surface area contributed by atoms with Gasteiger partial charge in [0.15, 0.2) is 0 Å². The van der Waals surface area contributed by atoms with Crippen molar-refractivity contribution >= 4 is 45.0 Å². The Morgan fingerprint density at radius 2 is 1.79 bits per heavy atom. The number of amides is 2. The maximum atomic E-state index is 13.0. The summed E-state index contributed by atoms with van der Waals surface area (Å²) < 4.78 is 70.7. The van der Waals surface area contributed by atoms with E-state index in [-0.39, 0.29) is 28.7 Å². The standard InChI is InChI=1S/C21H21ClF3N3O5S/c1-33-20(30)26-15-5-7-16(8-6-15)34(31,32)28-10-2-3-13(12-28)19(29)27-18-11-14(21(23,24)25)4-9-17(18)22/h4-9,11,13H,2-3,10,12H2,1H3,(H,26,30)(H,27,29)/t13-/m0/s1. The Balaban J connectivity index is 1.72. The van der Waals surface area contributed by atoms with E-state index in [1.54, 1.807) is 0 Å². The summed E-state index contributed by atoms with van der Waals surface area (Å²) in [7, 11) is -2.76. The second-order valence-corrected chi connectivity index (χ2v) is 9.87. The van der Waals surface area contributed by atoms with E-state index in [0.29, 0.717) is 18.5 Å². The summed E-state index contributed by atoms with van der Waals surface area (Å²) in [5.74, 6) is -1.41. The highest BCUT2D eigenvalue weighted by atomic mass is 35.5. The molecule has 1 aliphatic rings. The van der Waals surface area contributed by atoms with Crippen molar-refractivity contribution in [2.45, 2.75) is 23.9 Å². The summed E-state index contributed by atoms with van der Waals surface area (Å²) in [5.41, 5.74) is -0.833. The molecule has 3 rings (SSSR count). The number of benzene rings is 2. The van der Waals surface area contributed by atoms with Crippen molar-refractivity contribution in [2.75, 3.05) is 30.8 Å². The first-order chi connectivity index (χ1) is 15.9. The molecular weight excluding hydrogens is 499 g/mol. The van der Waals surface area contributed by atoms with Crippen molar-refractivity contribution < 1.29 is 35.9 Å². The summed E-state index contributed by atoms with van der Waals surface area (Å²) in [6.45, 7) is 0.0332. The van der Waals surface area contributed by atoms with E-state index < -0.39 is 39.7 Å². The first-order valence-corrected chi connectivity index (χ1v) is 11.9. The largest absolute Gasteiger partial charge is 0.453 e. The molecule has 1 saturated heterocycles. The first kappa shape index (κ1) is 25.8. The maximum Gasteiger partial charge on any atom is 0.416 e. The van der Waals surface area contributed by atoms with Gasteiger partial charge in [-0.25, -0.2) is 13.2 Å². The predicted molar refractivity (Wildman–Crippen MR) is 119 cm³/mol. The third kappa shape index (κ3) is 5.99. The molecule has 0 radical (unpaired) electrons. The van der Waals surface area contributed by atoms with Crippen molar-refractivity contribution in [1.29, 1.82) is 0 Å². The number of halogens is 4. The Kier molecular flexibility index (Phi) is 7.74. The topological polar surface area (TPSA) is 105 Å². The molecule has 0 bridgehead atoms. The lowest BCUT2D eigenvalue weighted by Gasteiger charge is -2.31. The molecular formula is C21H21ClF3N3O5S. The molecule has 8 nitrogen and oxygen atoms in total. The molecule has 0 aromatic heterocycles. The van der Waals surface area contributed by atoms with Crippen LogP contribution in [0, 0.1) is 5.92 Å². The van der Waals surface area contributed by atoms with Gasteiger partial charge < -0.3 is 10.1 Å². The molecule has 1 aliphatic heterocycles. The molecule has 0 aliphatic carbocycles. The number of alkyl halides is 3. The molecule has 1 heterocycles. The van der Waals surface area contributed by atoms with Crippen molar-refractivity contribution in [1.82, 2.24) is 4.31 Å². The lowest BCUT2D eigenvalue weighted by molar-refractivity contribution is -0.137. The molecule has 1 fully saturated rings. The highest BCUT2D eigenvalue weighted by Gasteiger charge is 2.34. The van der Waals surface area contributed by atoms with E-state index in [1.807, 2.05) is 0 Å². The van der Waals surface area contributed by atoms with Crippen molar-refractivity contribution in [3.63, 3.8) is 0 Å². The number of ether oxygens (including phenoxy) is 1. The van der Waals surface area contributed by atoms with Gasteiger partial charge in [-0.15, -0.1) is 0 Å². The highest BCUT2D eigenvalue weighted by molar-refractivity contribution is 7.89. The number of sulfonamides is 1. The van der Waals surface area contributed by atoms with Gasteiger partial charge >= 0.3 is 12.3 Å². The van der Waals surface area contributed by atoms with Crippen molar-refractivity contribution in [3.05, 3.63) is 53.1 Å². The fraction of sp³-hybridized carbons (Fsp3) is 0.333. The van der Waals surface area contributed by atoms with Gasteiger partial charge in [0.05, 0.1) is 34.2 Å². The molecule has 2 aromatic rings. The first-order valence-electron chi connectivity index (χ1n) is 10.0. The number of carbonyl (C=O) groups excluding carboxylic acids is 2. The minimum atomic E-state index is -4.61. The van der Waals surface area contributed by atoms with Crippen LogP contribution in [0.4, 0.5) is 29.3 Å². The van der Waals surface area contributed by atoms with Crippen LogP contribution in [0.5, 0.6) is 0 Å². The van der Waals surface area contributed by atoms with Crippen molar-refractivity contribution in [3.8, 4) is 0 Å². The van der Waals surface area contributed by atoms with E-state index in [4.69, 9.17) is 11.6 Å². The van der Waals surface area contributed by atoms with Gasteiger partial charge in [-0.05, 0) is 55.3 Å². The number of methoxy groups -OCH3 is 1. The Morgan fingerprint density at radius 1 is 1.12 bits per heavy atom. The van der Waals surface area contributed by atoms with Crippen LogP contribution in [0.1, 0.15) is 18.4 Å². The lowest BCUT2D eigenvalue weighted by Crippen LogP contribution is -2.43. The van der Waals surface area contributed by atoms with Crippen LogP contribution in [0.15, 0.2) is 47.4 Å². The number of nitrogens with zero attached hydrogens (tertiary/aromatic N) is 1. The highest BCUT2D eigenvalue weighted by Crippen LogP contribution is 2.34. The van der Waals surface area contributed by atoms with E-state index in [9.17, 15) is 31.2 Å². The number of hydrogen-bond donors (Lipinski definition) is 2. The zero-order valence-electron chi connectivity index (χ0n) is 17.9. The summed E-state index contributed by atoms with van der Waals surface area (Å²) in [4.78, 5) is 24.0.